The van der Waals surface area contributed by atoms with Gasteiger partial charge in [-0.15, -0.1) is 0 Å². The summed E-state index contributed by atoms with van der Waals surface area (Å²) in [4.78, 5) is 23.4. The zero-order valence-electron chi connectivity index (χ0n) is 8.59. The third-order valence-electron chi connectivity index (χ3n) is 3.27. The van der Waals surface area contributed by atoms with Gasteiger partial charge in [-0.25, -0.2) is 0 Å². The third kappa shape index (κ3) is 1.38. The topological polar surface area (TPSA) is 58.2 Å². The van der Waals surface area contributed by atoms with Crippen LogP contribution in [0.3, 0.4) is 0 Å². The molecule has 0 aromatic heterocycles. The molecule has 1 heterocycles. The largest absolute Gasteiger partial charge is 0.342 e. The molecule has 4 heteroatoms. The van der Waals surface area contributed by atoms with E-state index in [4.69, 9.17) is 0 Å². The second-order valence-corrected chi connectivity index (χ2v) is 4.46. The Morgan fingerprint density at radius 2 is 2.07 bits per heavy atom. The predicted molar refractivity (Wildman–Crippen MR) is 51.5 cm³/mol. The third-order valence-corrected chi connectivity index (χ3v) is 3.27. The summed E-state index contributed by atoms with van der Waals surface area (Å²) >= 11 is 0. The minimum absolute atomic E-state index is 0.0172. The molecule has 1 saturated carbocycles. The van der Waals surface area contributed by atoms with Gasteiger partial charge in [0.25, 0.3) is 0 Å². The zero-order valence-corrected chi connectivity index (χ0v) is 8.59. The minimum atomic E-state index is -0.706. The normalized spacial score (nSPS) is 37.7. The van der Waals surface area contributed by atoms with Gasteiger partial charge >= 0.3 is 0 Å². The maximum atomic E-state index is 11.7. The molecule has 2 rings (SSSR count). The highest BCUT2D eigenvalue weighted by molar-refractivity contribution is 5.99. The number of amides is 2. The molecule has 0 spiro atoms. The Bertz CT molecular complexity index is 286. The van der Waals surface area contributed by atoms with E-state index in [1.807, 2.05) is 6.92 Å². The van der Waals surface area contributed by atoms with Gasteiger partial charge in [0.15, 0.2) is 0 Å². The van der Waals surface area contributed by atoms with Crippen molar-refractivity contribution in [2.75, 3.05) is 0 Å². The van der Waals surface area contributed by atoms with Crippen LogP contribution in [0.2, 0.25) is 0 Å². The molecule has 0 radical (unpaired) electrons. The fourth-order valence-electron chi connectivity index (χ4n) is 1.78. The summed E-state index contributed by atoms with van der Waals surface area (Å²) in [5.41, 5.74) is -0.706. The molecule has 2 atom stereocenters. The Kier molecular flexibility index (Phi) is 2.01. The molecule has 2 aliphatic rings. The standard InChI is InChI=1S/C10H16N2O2/c1-3-10(2)9(14)11-7(6-4-5-6)8(13)12-10/h6-7H,3-5H2,1-2H3,(H,11,14)(H,12,13). The highest BCUT2D eigenvalue weighted by Crippen LogP contribution is 2.34. The van der Waals surface area contributed by atoms with Crippen LogP contribution in [0.15, 0.2) is 0 Å². The Hall–Kier alpha value is -1.06. The number of nitrogens with one attached hydrogen (secondary N) is 2. The second-order valence-electron chi connectivity index (χ2n) is 4.46. The first kappa shape index (κ1) is 9.49. The molecule has 1 aliphatic heterocycles. The van der Waals surface area contributed by atoms with Crippen LogP contribution in [-0.2, 0) is 9.59 Å². The van der Waals surface area contributed by atoms with Gasteiger partial charge < -0.3 is 10.6 Å². The van der Waals surface area contributed by atoms with Crippen molar-refractivity contribution < 1.29 is 9.59 Å². The molecule has 14 heavy (non-hydrogen) atoms. The smallest absolute Gasteiger partial charge is 0.246 e. The SMILES string of the molecule is CCC1(C)NC(=O)C(C2CC2)NC1=O. The molecular formula is C10H16N2O2. The van der Waals surface area contributed by atoms with E-state index in [2.05, 4.69) is 10.6 Å². The average Bonchev–Trinajstić information content (AvgIpc) is 2.94. The van der Waals surface area contributed by atoms with Gasteiger partial charge in [-0.2, -0.15) is 0 Å². The average molecular weight is 196 g/mol. The van der Waals surface area contributed by atoms with E-state index in [0.717, 1.165) is 12.8 Å². The number of carbonyl (C=O) groups is 2. The molecule has 1 aliphatic carbocycles. The maximum absolute atomic E-state index is 11.7. The summed E-state index contributed by atoms with van der Waals surface area (Å²) in [7, 11) is 0. The summed E-state index contributed by atoms with van der Waals surface area (Å²) in [5.74, 6) is 0.313. The Labute approximate surface area is 83.4 Å². The number of carbonyl (C=O) groups excluding carboxylic acids is 2. The van der Waals surface area contributed by atoms with Crippen molar-refractivity contribution >= 4 is 11.8 Å². The van der Waals surface area contributed by atoms with Gasteiger partial charge in [-0.3, -0.25) is 9.59 Å². The first-order valence-electron chi connectivity index (χ1n) is 5.20. The summed E-state index contributed by atoms with van der Waals surface area (Å²) < 4.78 is 0. The molecule has 0 bridgehead atoms. The van der Waals surface area contributed by atoms with E-state index in [0.29, 0.717) is 12.3 Å². The quantitative estimate of drug-likeness (QED) is 0.662. The number of rotatable bonds is 2. The fraction of sp³-hybridized carbons (Fsp3) is 0.800. The molecule has 2 fully saturated rings. The summed E-state index contributed by atoms with van der Waals surface area (Å²) in [6, 6.07) is -0.276. The van der Waals surface area contributed by atoms with Crippen molar-refractivity contribution in [3.8, 4) is 0 Å². The van der Waals surface area contributed by atoms with E-state index >= 15 is 0 Å². The fourth-order valence-corrected chi connectivity index (χ4v) is 1.78. The van der Waals surface area contributed by atoms with E-state index in [1.54, 1.807) is 6.92 Å². The summed E-state index contributed by atoms with van der Waals surface area (Å²) in [6.07, 6.45) is 2.74. The molecular weight excluding hydrogens is 180 g/mol. The molecule has 0 aromatic carbocycles. The molecule has 2 amide bonds. The first-order chi connectivity index (χ1) is 6.57. The Morgan fingerprint density at radius 3 is 2.57 bits per heavy atom. The Balaban J connectivity index is 2.12. The van der Waals surface area contributed by atoms with Crippen LogP contribution in [0.5, 0.6) is 0 Å². The van der Waals surface area contributed by atoms with Gasteiger partial charge in [0.2, 0.25) is 11.8 Å². The van der Waals surface area contributed by atoms with Gasteiger partial charge in [0.05, 0.1) is 0 Å². The van der Waals surface area contributed by atoms with Gasteiger partial charge in [-0.05, 0) is 32.1 Å². The lowest BCUT2D eigenvalue weighted by atomic mass is 9.92. The maximum Gasteiger partial charge on any atom is 0.246 e. The molecule has 1 saturated heterocycles. The van der Waals surface area contributed by atoms with Crippen LogP contribution >= 0.6 is 0 Å². The monoisotopic (exact) mass is 196 g/mol. The summed E-state index contributed by atoms with van der Waals surface area (Å²) in [5, 5.41) is 5.63. The molecule has 2 unspecified atom stereocenters. The van der Waals surface area contributed by atoms with Crippen molar-refractivity contribution in [2.24, 2.45) is 5.92 Å². The van der Waals surface area contributed by atoms with Crippen LogP contribution in [-0.4, -0.2) is 23.4 Å². The van der Waals surface area contributed by atoms with Gasteiger partial charge in [-0.1, -0.05) is 6.92 Å². The van der Waals surface area contributed by atoms with Crippen molar-refractivity contribution in [3.05, 3.63) is 0 Å². The minimum Gasteiger partial charge on any atom is -0.342 e. The zero-order chi connectivity index (χ0) is 10.3. The van der Waals surface area contributed by atoms with Gasteiger partial charge in [0, 0.05) is 0 Å². The molecule has 0 aromatic rings. The number of hydrogen-bond donors (Lipinski definition) is 2. The van der Waals surface area contributed by atoms with E-state index < -0.39 is 5.54 Å². The van der Waals surface area contributed by atoms with Gasteiger partial charge in [0.1, 0.15) is 11.6 Å². The van der Waals surface area contributed by atoms with E-state index in [-0.39, 0.29) is 17.9 Å². The van der Waals surface area contributed by atoms with Crippen LogP contribution < -0.4 is 10.6 Å². The lowest BCUT2D eigenvalue weighted by Crippen LogP contribution is -2.68. The van der Waals surface area contributed by atoms with Crippen molar-refractivity contribution in [3.63, 3.8) is 0 Å². The highest BCUT2D eigenvalue weighted by Gasteiger charge is 2.46. The first-order valence-corrected chi connectivity index (χ1v) is 5.20. The summed E-state index contributed by atoms with van der Waals surface area (Å²) in [6.45, 7) is 3.67. The van der Waals surface area contributed by atoms with Crippen molar-refractivity contribution in [1.82, 2.24) is 10.6 Å². The van der Waals surface area contributed by atoms with Crippen molar-refractivity contribution in [1.29, 1.82) is 0 Å². The second kappa shape index (κ2) is 2.97. The predicted octanol–water partition coefficient (Wildman–Crippen LogP) is 0.180. The number of piperazine rings is 1. The molecule has 78 valence electrons. The highest BCUT2D eigenvalue weighted by atomic mass is 16.2. The van der Waals surface area contributed by atoms with Crippen LogP contribution in [0.1, 0.15) is 33.1 Å². The van der Waals surface area contributed by atoms with E-state index in [1.165, 1.54) is 0 Å². The van der Waals surface area contributed by atoms with Crippen LogP contribution in [0, 0.1) is 5.92 Å². The van der Waals surface area contributed by atoms with E-state index in [9.17, 15) is 9.59 Å². The van der Waals surface area contributed by atoms with Crippen LogP contribution in [0.4, 0.5) is 0 Å². The Morgan fingerprint density at radius 1 is 1.43 bits per heavy atom. The lowest BCUT2D eigenvalue weighted by Gasteiger charge is -2.36. The van der Waals surface area contributed by atoms with Crippen LogP contribution in [0.25, 0.3) is 0 Å². The molecule has 2 N–H and O–H groups in total. The lowest BCUT2D eigenvalue weighted by molar-refractivity contribution is -0.141. The molecule has 4 nitrogen and oxygen atoms in total. The number of hydrogen-bond acceptors (Lipinski definition) is 2. The van der Waals surface area contributed by atoms with Crippen molar-refractivity contribution in [2.45, 2.75) is 44.7 Å².